The first kappa shape index (κ1) is 31.1. The predicted octanol–water partition coefficient (Wildman–Crippen LogP) is 5.74. The summed E-state index contributed by atoms with van der Waals surface area (Å²) < 4.78 is 13.2. The van der Waals surface area contributed by atoms with Crippen LogP contribution in [0.4, 0.5) is 5.69 Å². The molecule has 2 saturated heterocycles. The number of hydrogen-bond donors (Lipinski definition) is 2. The maximum absolute atomic E-state index is 12.9. The molecule has 0 saturated carbocycles. The molecule has 47 heavy (non-hydrogen) atoms. The zero-order valence-corrected chi connectivity index (χ0v) is 26.2. The molecule has 3 atom stereocenters. The average Bonchev–Trinajstić information content (AvgIpc) is 3.13. The van der Waals surface area contributed by atoms with Gasteiger partial charge in [-0.1, -0.05) is 78.9 Å². The summed E-state index contributed by atoms with van der Waals surface area (Å²) in [5, 5.41) is 12.5. The Morgan fingerprint density at radius 1 is 0.766 bits per heavy atom. The molecule has 9 heteroatoms. The van der Waals surface area contributed by atoms with Gasteiger partial charge in [0, 0.05) is 56.9 Å². The largest absolute Gasteiger partial charge is 0.392 e. The molecule has 3 unspecified atom stereocenters. The average molecular weight is 630 g/mol. The first-order valence-corrected chi connectivity index (χ1v) is 16.2. The Kier molecular flexibility index (Phi) is 9.60. The van der Waals surface area contributed by atoms with Gasteiger partial charge in [-0.05, 0) is 41.0 Å². The number of para-hydroxylation sites is 2. The molecule has 9 nitrogen and oxygen atoms in total. The van der Waals surface area contributed by atoms with Gasteiger partial charge in [0.05, 0.1) is 36.0 Å². The van der Waals surface area contributed by atoms with Crippen molar-refractivity contribution in [3.8, 4) is 0 Å². The van der Waals surface area contributed by atoms with Crippen molar-refractivity contribution >= 4 is 22.6 Å². The van der Waals surface area contributed by atoms with E-state index < -0.39 is 6.29 Å². The van der Waals surface area contributed by atoms with Crippen LogP contribution >= 0.6 is 0 Å². The predicted molar refractivity (Wildman–Crippen MR) is 181 cm³/mol. The number of ether oxygens (including phenoxy) is 2. The lowest BCUT2D eigenvalue weighted by atomic mass is 9.99. The fourth-order valence-electron chi connectivity index (χ4n) is 6.28. The highest BCUT2D eigenvalue weighted by atomic mass is 16.7. The van der Waals surface area contributed by atoms with Crippen LogP contribution in [0, 0.1) is 0 Å². The minimum absolute atomic E-state index is 0.00669. The summed E-state index contributed by atoms with van der Waals surface area (Å²) in [5.41, 5.74) is 6.47. The molecule has 240 valence electrons. The monoisotopic (exact) mass is 629 g/mol. The lowest BCUT2D eigenvalue weighted by molar-refractivity contribution is -0.253. The van der Waals surface area contributed by atoms with Crippen LogP contribution < -0.4 is 5.32 Å². The summed E-state index contributed by atoms with van der Waals surface area (Å²) in [6.45, 7) is 5.83. The standard InChI is InChI=1S/C38H39N5O4/c44-26-28-10-12-29(13-11-28)36-22-32(25-43-20-18-42(19-21-43)24-27-6-2-1-3-7-27)46-38(47-36)30-14-16-31(17-15-30)40-37(45)35-23-39-33-8-4-5-9-34(33)41-35/h1-17,23,32,36,38,44H,18-22,24-26H2,(H,40,45). The van der Waals surface area contributed by atoms with Gasteiger partial charge < -0.3 is 19.9 Å². The van der Waals surface area contributed by atoms with Gasteiger partial charge in [-0.25, -0.2) is 4.98 Å². The summed E-state index contributed by atoms with van der Waals surface area (Å²) >= 11 is 0. The smallest absolute Gasteiger partial charge is 0.275 e. The van der Waals surface area contributed by atoms with Gasteiger partial charge >= 0.3 is 0 Å². The van der Waals surface area contributed by atoms with Gasteiger partial charge in [0.15, 0.2) is 6.29 Å². The highest BCUT2D eigenvalue weighted by Gasteiger charge is 2.34. The Morgan fingerprint density at radius 2 is 1.45 bits per heavy atom. The summed E-state index contributed by atoms with van der Waals surface area (Å²) in [6, 6.07) is 33.7. The molecule has 2 aliphatic rings. The fourth-order valence-corrected chi connectivity index (χ4v) is 6.28. The lowest BCUT2D eigenvalue weighted by Crippen LogP contribution is -2.49. The van der Waals surface area contributed by atoms with E-state index in [1.54, 1.807) is 0 Å². The third-order valence-electron chi connectivity index (χ3n) is 8.91. The van der Waals surface area contributed by atoms with Crippen LogP contribution in [0.1, 0.15) is 51.6 Å². The maximum Gasteiger partial charge on any atom is 0.275 e. The van der Waals surface area contributed by atoms with Gasteiger partial charge in [-0.2, -0.15) is 0 Å². The van der Waals surface area contributed by atoms with E-state index in [0.29, 0.717) is 11.2 Å². The molecule has 2 N–H and O–H groups in total. The first-order chi connectivity index (χ1) is 23.1. The van der Waals surface area contributed by atoms with Crippen molar-refractivity contribution in [1.82, 2.24) is 19.8 Å². The van der Waals surface area contributed by atoms with Crippen molar-refractivity contribution in [2.45, 2.75) is 38.1 Å². The van der Waals surface area contributed by atoms with Gasteiger partial charge in [0.2, 0.25) is 0 Å². The molecule has 4 aromatic carbocycles. The number of fused-ring (bicyclic) bond motifs is 1. The van der Waals surface area contributed by atoms with Crippen LogP contribution in [0.25, 0.3) is 11.0 Å². The molecule has 0 radical (unpaired) electrons. The summed E-state index contributed by atoms with van der Waals surface area (Å²) in [4.78, 5) is 26.8. The number of aliphatic hydroxyl groups is 1. The second-order valence-electron chi connectivity index (χ2n) is 12.2. The number of carbonyl (C=O) groups excluding carboxylic acids is 1. The van der Waals surface area contributed by atoms with Crippen molar-refractivity contribution < 1.29 is 19.4 Å². The third-order valence-corrected chi connectivity index (χ3v) is 8.91. The molecular weight excluding hydrogens is 590 g/mol. The number of aromatic nitrogens is 2. The van der Waals surface area contributed by atoms with Crippen molar-refractivity contribution in [2.24, 2.45) is 0 Å². The molecule has 1 amide bonds. The topological polar surface area (TPSA) is 100 Å². The number of rotatable bonds is 9. The summed E-state index contributed by atoms with van der Waals surface area (Å²) in [5.74, 6) is -0.323. The van der Waals surface area contributed by atoms with E-state index in [0.717, 1.165) is 67.9 Å². The number of amides is 1. The van der Waals surface area contributed by atoms with E-state index >= 15 is 0 Å². The molecule has 0 spiro atoms. The highest BCUT2D eigenvalue weighted by molar-refractivity contribution is 6.03. The van der Waals surface area contributed by atoms with Crippen LogP contribution in [-0.2, 0) is 22.6 Å². The minimum Gasteiger partial charge on any atom is -0.392 e. The number of nitrogens with one attached hydrogen (secondary N) is 1. The SMILES string of the molecule is O=C(Nc1ccc(C2OC(CN3CCN(Cc4ccccc4)CC3)CC(c3ccc(CO)cc3)O2)cc1)c1cnc2ccccc2n1. The molecule has 2 fully saturated rings. The number of benzene rings is 4. The third kappa shape index (κ3) is 7.73. The van der Waals surface area contributed by atoms with Crippen LogP contribution in [0.3, 0.4) is 0 Å². The fraction of sp³-hybridized carbons (Fsp3) is 0.289. The zero-order chi connectivity index (χ0) is 32.0. The van der Waals surface area contributed by atoms with Crippen molar-refractivity contribution in [3.63, 3.8) is 0 Å². The number of piperazine rings is 1. The lowest BCUT2D eigenvalue weighted by Gasteiger charge is -2.40. The second kappa shape index (κ2) is 14.5. The van der Waals surface area contributed by atoms with Crippen LogP contribution in [-0.4, -0.2) is 69.6 Å². The van der Waals surface area contributed by atoms with Crippen LogP contribution in [0.5, 0.6) is 0 Å². The van der Waals surface area contributed by atoms with Crippen LogP contribution in [0.2, 0.25) is 0 Å². The number of carbonyl (C=O) groups is 1. The molecule has 1 aromatic heterocycles. The van der Waals surface area contributed by atoms with E-state index in [2.05, 4.69) is 55.4 Å². The first-order valence-electron chi connectivity index (χ1n) is 16.2. The summed E-state index contributed by atoms with van der Waals surface area (Å²) in [6.07, 6.45) is 1.48. The quantitative estimate of drug-likeness (QED) is 0.213. The van der Waals surface area contributed by atoms with E-state index in [9.17, 15) is 9.90 Å². The Balaban J connectivity index is 1.02. The Bertz CT molecular complexity index is 1780. The van der Waals surface area contributed by atoms with E-state index in [1.807, 2.05) is 72.8 Å². The Hall–Kier alpha value is -4.51. The summed E-state index contributed by atoms with van der Waals surface area (Å²) in [7, 11) is 0. The molecule has 2 aliphatic heterocycles. The van der Waals surface area contributed by atoms with E-state index in [-0.39, 0.29) is 30.4 Å². The molecule has 7 rings (SSSR count). The van der Waals surface area contributed by atoms with Crippen molar-refractivity contribution in [3.05, 3.63) is 137 Å². The number of hydrogen-bond acceptors (Lipinski definition) is 8. The van der Waals surface area contributed by atoms with Crippen LogP contribution in [0.15, 0.2) is 109 Å². The molecule has 3 heterocycles. The molecule has 0 bridgehead atoms. The van der Waals surface area contributed by atoms with Gasteiger partial charge in [-0.3, -0.25) is 19.6 Å². The molecule has 5 aromatic rings. The number of nitrogens with zero attached hydrogens (tertiary/aromatic N) is 4. The Morgan fingerprint density at radius 3 is 2.19 bits per heavy atom. The van der Waals surface area contributed by atoms with E-state index in [4.69, 9.17) is 9.47 Å². The number of aliphatic hydroxyl groups excluding tert-OH is 1. The second-order valence-corrected chi connectivity index (χ2v) is 12.2. The van der Waals surface area contributed by atoms with E-state index in [1.165, 1.54) is 11.8 Å². The Labute approximate surface area is 274 Å². The zero-order valence-electron chi connectivity index (χ0n) is 26.2. The maximum atomic E-state index is 12.9. The van der Waals surface area contributed by atoms with Crippen molar-refractivity contribution in [1.29, 1.82) is 0 Å². The van der Waals surface area contributed by atoms with Gasteiger partial charge in [0.25, 0.3) is 5.91 Å². The molecular formula is C38H39N5O4. The van der Waals surface area contributed by atoms with Gasteiger partial charge in [-0.15, -0.1) is 0 Å². The molecule has 0 aliphatic carbocycles. The number of anilines is 1. The highest BCUT2D eigenvalue weighted by Crippen LogP contribution is 2.38. The minimum atomic E-state index is -0.563. The van der Waals surface area contributed by atoms with Gasteiger partial charge in [0.1, 0.15) is 5.69 Å². The van der Waals surface area contributed by atoms with Crippen molar-refractivity contribution in [2.75, 3.05) is 38.0 Å². The normalized spacial score (nSPS) is 20.7.